The molecule has 0 spiro atoms. The standard InChI is InChI=1S/C6H11O6PS2/c1-15(7,8)12-5-6-2-9-13(14,10-3-6)11-4-6/h2-5H2,1H3. The van der Waals surface area contributed by atoms with E-state index in [-0.39, 0.29) is 6.61 Å². The molecule has 0 atom stereocenters. The van der Waals surface area contributed by atoms with Gasteiger partial charge < -0.3 is 12.2 Å². The van der Waals surface area contributed by atoms with Gasteiger partial charge in [0.2, 0.25) is 0 Å². The molecule has 3 aliphatic heterocycles. The molecule has 0 aromatic heterocycles. The lowest BCUT2D eigenvalue weighted by Gasteiger charge is -2.46. The van der Waals surface area contributed by atoms with Crippen molar-refractivity contribution < 1.29 is 26.2 Å². The van der Waals surface area contributed by atoms with E-state index in [9.17, 15) is 8.42 Å². The maximum Gasteiger partial charge on any atom is 0.290 e. The van der Waals surface area contributed by atoms with Gasteiger partial charge in [0.1, 0.15) is 19.8 Å². The predicted molar refractivity (Wildman–Crippen MR) is 55.4 cm³/mol. The first-order valence-electron chi connectivity index (χ1n) is 4.21. The minimum absolute atomic E-state index is 0.00116. The second-order valence-electron chi connectivity index (χ2n) is 3.73. The Labute approximate surface area is 94.1 Å². The zero-order valence-electron chi connectivity index (χ0n) is 8.04. The first-order chi connectivity index (χ1) is 6.83. The summed E-state index contributed by atoms with van der Waals surface area (Å²) in [4.78, 5) is 0. The molecule has 9 heteroatoms. The van der Waals surface area contributed by atoms with Crippen LogP contribution in [0, 0.1) is 5.41 Å². The molecule has 3 fully saturated rings. The van der Waals surface area contributed by atoms with Crippen molar-refractivity contribution in [1.82, 2.24) is 0 Å². The van der Waals surface area contributed by atoms with Gasteiger partial charge in [0.25, 0.3) is 17.3 Å². The molecule has 6 nitrogen and oxygen atoms in total. The van der Waals surface area contributed by atoms with Crippen molar-refractivity contribution in [3.63, 3.8) is 0 Å². The predicted octanol–water partition coefficient (Wildman–Crippen LogP) is 0.250. The van der Waals surface area contributed by atoms with Crippen molar-refractivity contribution in [2.75, 3.05) is 32.7 Å². The molecular formula is C6H11O6PS2. The quantitative estimate of drug-likeness (QED) is 0.415. The maximum atomic E-state index is 10.8. The van der Waals surface area contributed by atoms with Crippen molar-refractivity contribution in [2.45, 2.75) is 0 Å². The van der Waals surface area contributed by atoms with Gasteiger partial charge in [0.15, 0.2) is 0 Å². The fourth-order valence-corrected chi connectivity index (χ4v) is 3.70. The van der Waals surface area contributed by atoms with Gasteiger partial charge in [-0.25, -0.2) is 0 Å². The number of hydrogen-bond donors (Lipinski definition) is 0. The molecule has 0 N–H and O–H groups in total. The van der Waals surface area contributed by atoms with E-state index in [4.69, 9.17) is 30.0 Å². The minimum Gasteiger partial charge on any atom is -0.459 e. The van der Waals surface area contributed by atoms with Gasteiger partial charge in [-0.15, -0.1) is 0 Å². The maximum absolute atomic E-state index is 10.8. The van der Waals surface area contributed by atoms with Crippen LogP contribution in [0.4, 0.5) is 0 Å². The van der Waals surface area contributed by atoms with Gasteiger partial charge in [0, 0.05) is 0 Å². The lowest BCUT2D eigenvalue weighted by atomic mass is 9.93. The van der Waals surface area contributed by atoms with Crippen LogP contribution < -0.4 is 0 Å². The van der Waals surface area contributed by atoms with E-state index < -0.39 is 22.7 Å². The fourth-order valence-electron chi connectivity index (χ4n) is 1.24. The van der Waals surface area contributed by atoms with Crippen LogP contribution in [0.25, 0.3) is 0 Å². The third-order valence-electron chi connectivity index (χ3n) is 2.17. The van der Waals surface area contributed by atoms with E-state index in [2.05, 4.69) is 0 Å². The van der Waals surface area contributed by atoms with Crippen molar-refractivity contribution in [3.05, 3.63) is 0 Å². The molecule has 0 aliphatic carbocycles. The lowest BCUT2D eigenvalue weighted by Crippen LogP contribution is -2.49. The molecule has 3 heterocycles. The third kappa shape index (κ3) is 2.82. The highest BCUT2D eigenvalue weighted by Crippen LogP contribution is 2.68. The largest absolute Gasteiger partial charge is 0.459 e. The summed E-state index contributed by atoms with van der Waals surface area (Å²) < 4.78 is 42.1. The van der Waals surface area contributed by atoms with Crippen LogP contribution in [-0.4, -0.2) is 41.1 Å². The molecule has 3 rings (SSSR count). The van der Waals surface area contributed by atoms with Crippen LogP contribution in [-0.2, 0) is 40.1 Å². The topological polar surface area (TPSA) is 71.1 Å². The van der Waals surface area contributed by atoms with E-state index in [1.165, 1.54) is 0 Å². The van der Waals surface area contributed by atoms with E-state index in [0.29, 0.717) is 19.8 Å². The van der Waals surface area contributed by atoms with Crippen molar-refractivity contribution in [2.24, 2.45) is 5.41 Å². The van der Waals surface area contributed by atoms with Gasteiger partial charge in [-0.3, -0.25) is 4.18 Å². The van der Waals surface area contributed by atoms with Gasteiger partial charge in [-0.2, -0.15) is 22.0 Å². The molecule has 0 aromatic carbocycles. The Bertz CT molecular complexity index is 330. The molecule has 0 amide bonds. The van der Waals surface area contributed by atoms with Gasteiger partial charge in [-0.1, -0.05) is 0 Å². The minimum atomic E-state index is -3.45. The molecule has 15 heavy (non-hydrogen) atoms. The first kappa shape index (κ1) is 12.0. The molecular weight excluding hydrogens is 263 g/mol. The summed E-state index contributed by atoms with van der Waals surface area (Å²) in [5.41, 5.74) is -0.538. The summed E-state index contributed by atoms with van der Waals surface area (Å²) in [7, 11) is -5.96. The van der Waals surface area contributed by atoms with Crippen LogP contribution in [0.2, 0.25) is 0 Å². The smallest absolute Gasteiger partial charge is 0.290 e. The van der Waals surface area contributed by atoms with Crippen LogP contribution in [0.3, 0.4) is 0 Å². The Kier molecular flexibility index (Phi) is 3.05. The average molecular weight is 274 g/mol. The van der Waals surface area contributed by atoms with E-state index in [1.807, 2.05) is 0 Å². The molecule has 3 saturated heterocycles. The van der Waals surface area contributed by atoms with Gasteiger partial charge >= 0.3 is 0 Å². The highest BCUT2D eigenvalue weighted by atomic mass is 32.7. The molecule has 3 aliphatic rings. The number of fused-ring (bicyclic) bond motifs is 3. The Balaban J connectivity index is 1.98. The van der Waals surface area contributed by atoms with Gasteiger partial charge in [-0.05, 0) is 0 Å². The number of rotatable bonds is 3. The fraction of sp³-hybridized carbons (Fsp3) is 1.00. The Morgan fingerprint density at radius 3 is 2.20 bits per heavy atom. The van der Waals surface area contributed by atoms with E-state index >= 15 is 0 Å². The lowest BCUT2D eigenvalue weighted by molar-refractivity contribution is -0.0943. The Hall–Kier alpha value is 0.570. The molecule has 0 aromatic rings. The van der Waals surface area contributed by atoms with Crippen molar-refractivity contribution in [3.8, 4) is 0 Å². The van der Waals surface area contributed by atoms with Crippen LogP contribution in [0.5, 0.6) is 0 Å². The molecule has 0 unspecified atom stereocenters. The van der Waals surface area contributed by atoms with E-state index in [0.717, 1.165) is 6.26 Å². The Morgan fingerprint density at radius 2 is 1.80 bits per heavy atom. The second-order valence-corrected chi connectivity index (χ2v) is 8.39. The highest BCUT2D eigenvalue weighted by Gasteiger charge is 2.53. The van der Waals surface area contributed by atoms with Crippen LogP contribution in [0.1, 0.15) is 0 Å². The van der Waals surface area contributed by atoms with Gasteiger partial charge in [0.05, 0.1) is 18.3 Å². The molecule has 88 valence electrons. The summed E-state index contributed by atoms with van der Waals surface area (Å²) >= 11 is 4.99. The summed E-state index contributed by atoms with van der Waals surface area (Å²) in [5.74, 6) is 0. The van der Waals surface area contributed by atoms with Crippen molar-refractivity contribution >= 4 is 29.5 Å². The van der Waals surface area contributed by atoms with Crippen molar-refractivity contribution in [1.29, 1.82) is 0 Å². The average Bonchev–Trinajstić information content (AvgIpc) is 2.16. The third-order valence-corrected chi connectivity index (χ3v) is 5.00. The monoisotopic (exact) mass is 274 g/mol. The molecule has 0 radical (unpaired) electrons. The van der Waals surface area contributed by atoms with Crippen LogP contribution in [0.15, 0.2) is 0 Å². The Morgan fingerprint density at radius 1 is 1.33 bits per heavy atom. The second kappa shape index (κ2) is 3.80. The summed E-state index contributed by atoms with van der Waals surface area (Å²) in [6.45, 7) is 1.00. The zero-order chi connectivity index (χ0) is 11.2. The SMILES string of the molecule is CS(=O)(=O)OCC12CO[P+]([S-])(OC1)OC2. The van der Waals surface area contributed by atoms with Crippen LogP contribution >= 0.6 is 7.15 Å². The first-order valence-corrected chi connectivity index (χ1v) is 8.58. The van der Waals surface area contributed by atoms with E-state index in [1.54, 1.807) is 0 Å². The highest BCUT2D eigenvalue weighted by molar-refractivity contribution is 8.36. The zero-order valence-corrected chi connectivity index (χ0v) is 10.6. The molecule has 0 saturated carbocycles. The molecule has 2 bridgehead atoms. The summed E-state index contributed by atoms with van der Waals surface area (Å²) in [5, 5.41) is 0. The normalized spacial score (nSPS) is 40.7. The summed E-state index contributed by atoms with van der Waals surface area (Å²) in [6.07, 6.45) is 1.00. The number of hydrogen-bond acceptors (Lipinski definition) is 7. The summed E-state index contributed by atoms with van der Waals surface area (Å²) in [6, 6.07) is 0.